The van der Waals surface area contributed by atoms with Gasteiger partial charge in [-0.2, -0.15) is 0 Å². The van der Waals surface area contributed by atoms with Crippen LogP contribution in [0.1, 0.15) is 49.2 Å². The Hall–Kier alpha value is -2.57. The number of nitrogens with one attached hydrogen (secondary N) is 1. The van der Waals surface area contributed by atoms with Gasteiger partial charge < -0.3 is 19.9 Å². The fourth-order valence-electron chi connectivity index (χ4n) is 4.52. The minimum atomic E-state index is -0.957. The van der Waals surface area contributed by atoms with Gasteiger partial charge in [-0.05, 0) is 48.9 Å². The topological polar surface area (TPSA) is 78.4 Å². The molecular weight excluding hydrogens is 483 g/mol. The first-order chi connectivity index (χ1) is 16.9. The molecule has 0 spiro atoms. The molecule has 3 N–H and O–H groups in total. The van der Waals surface area contributed by atoms with Crippen LogP contribution in [0.5, 0.6) is 5.75 Å². The molecule has 0 bridgehead atoms. The quantitative estimate of drug-likeness (QED) is 0.233. The van der Waals surface area contributed by atoms with Crippen molar-refractivity contribution >= 4 is 34.2 Å². The molecule has 0 saturated heterocycles. The lowest BCUT2D eigenvalue weighted by molar-refractivity contribution is 0.158. The number of aliphatic hydroxyl groups excluding tert-OH is 2. The zero-order valence-electron chi connectivity index (χ0n) is 19.5. The highest BCUT2D eigenvalue weighted by molar-refractivity contribution is 6.42. The number of hydrogen-bond acceptors (Lipinski definition) is 4. The maximum atomic E-state index is 11.0. The molecule has 1 saturated carbocycles. The lowest BCUT2D eigenvalue weighted by Gasteiger charge is -2.13. The zero-order valence-corrected chi connectivity index (χ0v) is 21.0. The summed E-state index contributed by atoms with van der Waals surface area (Å²) in [6.45, 7) is 2.44. The number of ether oxygens (including phenoxy) is 1. The maximum absolute atomic E-state index is 11.0. The van der Waals surface area contributed by atoms with E-state index in [1.807, 2.05) is 55.5 Å². The smallest absolute Gasteiger partial charge is 0.140 e. The molecule has 2 unspecified atom stereocenters. The first kappa shape index (κ1) is 24.1. The van der Waals surface area contributed by atoms with E-state index < -0.39 is 6.10 Å². The number of H-pyrrole nitrogens is 1. The van der Waals surface area contributed by atoms with Crippen molar-refractivity contribution in [3.63, 3.8) is 0 Å². The lowest BCUT2D eigenvalue weighted by atomic mass is 10.0. The fourth-order valence-corrected chi connectivity index (χ4v) is 5.22. The standard InChI is InChI=1S/C28H28Cl2N2O3/c1-2-35-23-6-4-3-5-20(23)24-21(29)15-22-26(25(24)30)32-28(31-22)27(34)18-11-9-17(10-12-18)14-19(33)13-16-7-8-16/h3-6,9-12,15-16,19,27,33-34H,2,7-8,13-14H2,1H3,(H,31,32). The predicted octanol–water partition coefficient (Wildman–Crippen LogP) is 6.72. The normalized spacial score (nSPS) is 15.3. The van der Waals surface area contributed by atoms with Gasteiger partial charge in [0.15, 0.2) is 0 Å². The van der Waals surface area contributed by atoms with Crippen LogP contribution in [0.15, 0.2) is 54.6 Å². The van der Waals surface area contributed by atoms with Gasteiger partial charge in [-0.1, -0.05) is 78.5 Å². The van der Waals surface area contributed by atoms with Gasteiger partial charge in [0.2, 0.25) is 0 Å². The molecule has 5 rings (SSSR count). The summed E-state index contributed by atoms with van der Waals surface area (Å²) in [7, 11) is 0. The summed E-state index contributed by atoms with van der Waals surface area (Å²) in [5.41, 5.74) is 4.36. The maximum Gasteiger partial charge on any atom is 0.140 e. The van der Waals surface area contributed by atoms with Crippen molar-refractivity contribution in [2.45, 2.75) is 44.8 Å². The van der Waals surface area contributed by atoms with E-state index in [9.17, 15) is 10.2 Å². The number of fused-ring (bicyclic) bond motifs is 1. The third-order valence-electron chi connectivity index (χ3n) is 6.47. The van der Waals surface area contributed by atoms with Gasteiger partial charge in [-0.15, -0.1) is 0 Å². The number of aromatic nitrogens is 2. The van der Waals surface area contributed by atoms with E-state index in [0.717, 1.165) is 17.5 Å². The number of halogens is 2. The molecule has 5 nitrogen and oxygen atoms in total. The summed E-state index contributed by atoms with van der Waals surface area (Å²) in [6.07, 6.45) is 2.68. The molecule has 2 atom stereocenters. The Morgan fingerprint density at radius 3 is 2.54 bits per heavy atom. The van der Waals surface area contributed by atoms with Crippen molar-refractivity contribution in [1.82, 2.24) is 9.97 Å². The number of aliphatic hydroxyl groups is 2. The first-order valence-corrected chi connectivity index (χ1v) is 12.7. The molecule has 1 fully saturated rings. The Kier molecular flexibility index (Phi) is 7.03. The highest BCUT2D eigenvalue weighted by atomic mass is 35.5. The molecule has 3 aromatic carbocycles. The van der Waals surface area contributed by atoms with E-state index in [0.29, 0.717) is 62.7 Å². The number of benzene rings is 3. The monoisotopic (exact) mass is 510 g/mol. The zero-order chi connectivity index (χ0) is 24.5. The SMILES string of the molecule is CCOc1ccccc1-c1c(Cl)cc2[nH]c(C(O)c3ccc(CC(O)CC4CC4)cc3)nc2c1Cl. The number of rotatable bonds is 9. The average Bonchev–Trinajstić information content (AvgIpc) is 3.55. The van der Waals surface area contributed by atoms with Crippen LogP contribution in [0.4, 0.5) is 0 Å². The van der Waals surface area contributed by atoms with Gasteiger partial charge in [-0.25, -0.2) is 4.98 Å². The summed E-state index contributed by atoms with van der Waals surface area (Å²) in [5, 5.41) is 22.1. The molecule has 35 heavy (non-hydrogen) atoms. The lowest BCUT2D eigenvalue weighted by Crippen LogP contribution is -2.11. The molecular formula is C28H28Cl2N2O3. The number of hydrogen-bond donors (Lipinski definition) is 3. The molecule has 7 heteroatoms. The van der Waals surface area contributed by atoms with E-state index in [1.54, 1.807) is 6.07 Å². The van der Waals surface area contributed by atoms with Crippen molar-refractivity contribution in [3.05, 3.63) is 81.6 Å². The van der Waals surface area contributed by atoms with E-state index in [1.165, 1.54) is 12.8 Å². The number of imidazole rings is 1. The minimum Gasteiger partial charge on any atom is -0.493 e. The Labute approximate surface area is 214 Å². The second kappa shape index (κ2) is 10.2. The number of para-hydroxylation sites is 1. The van der Waals surface area contributed by atoms with E-state index in [4.69, 9.17) is 27.9 Å². The van der Waals surface area contributed by atoms with Crippen LogP contribution in [-0.2, 0) is 6.42 Å². The summed E-state index contributed by atoms with van der Waals surface area (Å²) < 4.78 is 5.77. The van der Waals surface area contributed by atoms with Gasteiger partial charge in [0, 0.05) is 11.1 Å². The molecule has 1 aromatic heterocycles. The Morgan fingerprint density at radius 2 is 1.83 bits per heavy atom. The van der Waals surface area contributed by atoms with Crippen LogP contribution in [0.25, 0.3) is 22.2 Å². The average molecular weight is 511 g/mol. The molecule has 0 aliphatic heterocycles. The van der Waals surface area contributed by atoms with Crippen LogP contribution in [0.2, 0.25) is 10.0 Å². The predicted molar refractivity (Wildman–Crippen MR) is 140 cm³/mol. The summed E-state index contributed by atoms with van der Waals surface area (Å²) in [6, 6.07) is 17.0. The van der Waals surface area contributed by atoms with Gasteiger partial charge >= 0.3 is 0 Å². The Morgan fingerprint density at radius 1 is 1.09 bits per heavy atom. The van der Waals surface area contributed by atoms with Crippen molar-refractivity contribution in [3.8, 4) is 16.9 Å². The van der Waals surface area contributed by atoms with Gasteiger partial charge in [0.25, 0.3) is 0 Å². The van der Waals surface area contributed by atoms with Crippen molar-refractivity contribution in [2.75, 3.05) is 6.61 Å². The Balaban J connectivity index is 1.42. The first-order valence-electron chi connectivity index (χ1n) is 12.0. The molecule has 0 amide bonds. The number of aromatic amines is 1. The van der Waals surface area contributed by atoms with Gasteiger partial charge in [-0.3, -0.25) is 0 Å². The van der Waals surface area contributed by atoms with Crippen molar-refractivity contribution in [1.29, 1.82) is 0 Å². The van der Waals surface area contributed by atoms with Crippen LogP contribution in [0, 0.1) is 5.92 Å². The van der Waals surface area contributed by atoms with Crippen LogP contribution in [0.3, 0.4) is 0 Å². The minimum absolute atomic E-state index is 0.317. The fraction of sp³-hybridized carbons (Fsp3) is 0.321. The van der Waals surface area contributed by atoms with E-state index in [-0.39, 0.29) is 6.10 Å². The number of nitrogens with zero attached hydrogens (tertiary/aromatic N) is 1. The molecule has 0 radical (unpaired) electrons. The Bertz CT molecular complexity index is 1330. The van der Waals surface area contributed by atoms with E-state index in [2.05, 4.69) is 9.97 Å². The van der Waals surface area contributed by atoms with Crippen LogP contribution in [-0.4, -0.2) is 32.9 Å². The third kappa shape index (κ3) is 5.19. The molecule has 4 aromatic rings. The van der Waals surface area contributed by atoms with Crippen molar-refractivity contribution in [2.24, 2.45) is 5.92 Å². The highest BCUT2D eigenvalue weighted by Crippen LogP contribution is 2.43. The molecule has 1 aliphatic carbocycles. The largest absolute Gasteiger partial charge is 0.493 e. The van der Waals surface area contributed by atoms with E-state index >= 15 is 0 Å². The van der Waals surface area contributed by atoms with Gasteiger partial charge in [0.05, 0.1) is 28.3 Å². The summed E-state index contributed by atoms with van der Waals surface area (Å²) >= 11 is 13.4. The van der Waals surface area contributed by atoms with Gasteiger partial charge in [0.1, 0.15) is 23.2 Å². The molecule has 1 aliphatic rings. The summed E-state index contributed by atoms with van der Waals surface area (Å²) in [5.74, 6) is 1.76. The van der Waals surface area contributed by atoms with Crippen molar-refractivity contribution < 1.29 is 14.9 Å². The van der Waals surface area contributed by atoms with Crippen LogP contribution < -0.4 is 4.74 Å². The summed E-state index contributed by atoms with van der Waals surface area (Å²) in [4.78, 5) is 7.79. The molecule has 182 valence electrons. The second-order valence-corrected chi connectivity index (χ2v) is 9.96. The molecule has 1 heterocycles. The highest BCUT2D eigenvalue weighted by Gasteiger charge is 2.25. The van der Waals surface area contributed by atoms with Crippen LogP contribution >= 0.6 is 23.2 Å². The second-order valence-electron chi connectivity index (χ2n) is 9.18. The third-order valence-corrected chi connectivity index (χ3v) is 7.14.